The number of hydrogen-bond acceptors (Lipinski definition) is 4. The lowest BCUT2D eigenvalue weighted by Gasteiger charge is -2.08. The van der Waals surface area contributed by atoms with Crippen LogP contribution in [0.25, 0.3) is 27.9 Å². The van der Waals surface area contributed by atoms with Crippen LogP contribution in [0, 0.1) is 13.8 Å². The number of esters is 1. The van der Waals surface area contributed by atoms with Crippen LogP contribution >= 0.6 is 0 Å². The Hall–Kier alpha value is -4.25. The summed E-state index contributed by atoms with van der Waals surface area (Å²) in [4.78, 5) is 16.7. The molecule has 0 bridgehead atoms. The normalized spacial score (nSPS) is 11.0. The summed E-state index contributed by atoms with van der Waals surface area (Å²) in [5, 5.41) is 4.87. The molecule has 0 radical (unpaired) electrons. The highest BCUT2D eigenvalue weighted by Gasteiger charge is 2.17. The van der Waals surface area contributed by atoms with Crippen LogP contribution in [0.15, 0.2) is 91.4 Å². The number of carbonyl (C=O) groups is 1. The highest BCUT2D eigenvalue weighted by atomic mass is 16.5. The van der Waals surface area contributed by atoms with Crippen molar-refractivity contribution in [2.75, 3.05) is 0 Å². The van der Waals surface area contributed by atoms with E-state index in [1.807, 2.05) is 60.1 Å². The summed E-state index contributed by atoms with van der Waals surface area (Å²) in [5.41, 5.74) is 8.53. The van der Waals surface area contributed by atoms with Gasteiger partial charge in [-0.15, -0.1) is 0 Å². The largest absolute Gasteiger partial charge is 0.457 e. The van der Waals surface area contributed by atoms with Crippen LogP contribution < -0.4 is 0 Å². The lowest BCUT2D eigenvalue weighted by molar-refractivity contribution is 0.0472. The third-order valence-electron chi connectivity index (χ3n) is 5.73. The first-order valence-corrected chi connectivity index (χ1v) is 10.8. The van der Waals surface area contributed by atoms with E-state index < -0.39 is 0 Å². The maximum Gasteiger partial charge on any atom is 0.338 e. The van der Waals surface area contributed by atoms with Gasteiger partial charge in [0, 0.05) is 29.7 Å². The average molecular weight is 434 g/mol. The minimum absolute atomic E-state index is 0.185. The number of rotatable bonds is 5. The number of carbonyl (C=O) groups excluding carboxylic acids is 1. The number of benzene rings is 2. The van der Waals surface area contributed by atoms with Crippen LogP contribution in [0.3, 0.4) is 0 Å². The van der Waals surface area contributed by atoms with Gasteiger partial charge in [0.1, 0.15) is 12.3 Å². The SMILES string of the molecule is Cc1ccc(-c2nn3ccc(COC(=O)c4ccccc4C)cc3c2-c2ccncc2)cc1. The maximum atomic E-state index is 12.6. The summed E-state index contributed by atoms with van der Waals surface area (Å²) >= 11 is 0. The first-order valence-electron chi connectivity index (χ1n) is 10.8. The molecule has 162 valence electrons. The van der Waals surface area contributed by atoms with Crippen molar-refractivity contribution >= 4 is 11.5 Å². The van der Waals surface area contributed by atoms with E-state index in [1.54, 1.807) is 18.5 Å². The van der Waals surface area contributed by atoms with E-state index in [0.717, 1.165) is 39.0 Å². The van der Waals surface area contributed by atoms with Gasteiger partial charge in [0.15, 0.2) is 0 Å². The molecular formula is C28H23N3O2. The van der Waals surface area contributed by atoms with Crippen LogP contribution in [-0.2, 0) is 11.3 Å². The Kier molecular flexibility index (Phi) is 5.45. The van der Waals surface area contributed by atoms with Crippen LogP contribution in [0.4, 0.5) is 0 Å². The van der Waals surface area contributed by atoms with Crippen LogP contribution in [0.5, 0.6) is 0 Å². The molecule has 0 saturated heterocycles. The monoisotopic (exact) mass is 433 g/mol. The summed E-state index contributed by atoms with van der Waals surface area (Å²) in [5.74, 6) is -0.323. The van der Waals surface area contributed by atoms with Crippen molar-refractivity contribution in [2.24, 2.45) is 0 Å². The summed E-state index contributed by atoms with van der Waals surface area (Å²) in [6.45, 7) is 4.16. The summed E-state index contributed by atoms with van der Waals surface area (Å²) < 4.78 is 7.49. The number of fused-ring (bicyclic) bond motifs is 1. The molecule has 5 heteroatoms. The molecule has 3 heterocycles. The molecule has 2 aromatic carbocycles. The fourth-order valence-electron chi connectivity index (χ4n) is 3.92. The fraction of sp³-hybridized carbons (Fsp3) is 0.107. The number of ether oxygens (including phenoxy) is 1. The van der Waals surface area contributed by atoms with Gasteiger partial charge in [-0.25, -0.2) is 9.31 Å². The highest BCUT2D eigenvalue weighted by Crippen LogP contribution is 2.35. The lowest BCUT2D eigenvalue weighted by atomic mass is 9.99. The Morgan fingerprint density at radius 3 is 2.42 bits per heavy atom. The number of nitrogens with zero attached hydrogens (tertiary/aromatic N) is 3. The van der Waals surface area contributed by atoms with Crippen molar-refractivity contribution in [1.29, 1.82) is 0 Å². The molecule has 0 saturated carbocycles. The van der Waals surface area contributed by atoms with E-state index in [9.17, 15) is 4.79 Å². The first kappa shape index (κ1) is 20.6. The quantitative estimate of drug-likeness (QED) is 0.317. The topological polar surface area (TPSA) is 56.5 Å². The molecule has 0 aliphatic rings. The molecule has 0 aliphatic heterocycles. The standard InChI is InChI=1S/C28H23N3O2/c1-19-7-9-23(10-8-19)27-26(22-11-14-29-15-12-22)25-17-21(13-16-31(25)30-27)18-33-28(32)24-6-4-3-5-20(24)2/h3-17H,18H2,1-2H3. The zero-order chi connectivity index (χ0) is 22.8. The Morgan fingerprint density at radius 1 is 0.909 bits per heavy atom. The molecule has 0 unspecified atom stereocenters. The van der Waals surface area contributed by atoms with Crippen molar-refractivity contribution in [1.82, 2.24) is 14.6 Å². The van der Waals surface area contributed by atoms with E-state index in [0.29, 0.717) is 5.56 Å². The molecule has 0 spiro atoms. The van der Waals surface area contributed by atoms with Crippen LogP contribution in [0.1, 0.15) is 27.0 Å². The Morgan fingerprint density at radius 2 is 1.67 bits per heavy atom. The molecule has 5 aromatic rings. The summed E-state index contributed by atoms with van der Waals surface area (Å²) in [7, 11) is 0. The van der Waals surface area contributed by atoms with Crippen molar-refractivity contribution in [3.8, 4) is 22.4 Å². The molecule has 5 rings (SSSR count). The van der Waals surface area contributed by atoms with E-state index in [4.69, 9.17) is 9.84 Å². The van der Waals surface area contributed by atoms with Gasteiger partial charge in [0.25, 0.3) is 0 Å². The molecule has 0 atom stereocenters. The van der Waals surface area contributed by atoms with Gasteiger partial charge in [0.05, 0.1) is 11.1 Å². The Bertz CT molecular complexity index is 1440. The zero-order valence-electron chi connectivity index (χ0n) is 18.5. The molecule has 5 nitrogen and oxygen atoms in total. The van der Waals surface area contributed by atoms with Crippen LogP contribution in [-0.4, -0.2) is 20.6 Å². The van der Waals surface area contributed by atoms with Crippen molar-refractivity contribution in [3.63, 3.8) is 0 Å². The Balaban J connectivity index is 1.54. The van der Waals surface area contributed by atoms with Crippen LogP contribution in [0.2, 0.25) is 0 Å². The van der Waals surface area contributed by atoms with Crippen molar-refractivity contribution < 1.29 is 9.53 Å². The molecule has 0 N–H and O–H groups in total. The lowest BCUT2D eigenvalue weighted by Crippen LogP contribution is -2.07. The molecule has 0 amide bonds. The van der Waals surface area contributed by atoms with E-state index in [1.165, 1.54) is 5.56 Å². The Labute approximate surface area is 192 Å². The third kappa shape index (κ3) is 4.13. The second-order valence-corrected chi connectivity index (χ2v) is 8.08. The molecular weight excluding hydrogens is 410 g/mol. The summed E-state index contributed by atoms with van der Waals surface area (Å²) in [6, 6.07) is 23.7. The fourth-order valence-corrected chi connectivity index (χ4v) is 3.92. The van der Waals surface area contributed by atoms with Gasteiger partial charge in [-0.05, 0) is 60.9 Å². The van der Waals surface area contributed by atoms with E-state index >= 15 is 0 Å². The molecule has 0 fully saturated rings. The van der Waals surface area contributed by atoms with Gasteiger partial charge in [-0.3, -0.25) is 4.98 Å². The van der Waals surface area contributed by atoms with Gasteiger partial charge in [-0.1, -0.05) is 48.0 Å². The minimum atomic E-state index is -0.323. The van der Waals surface area contributed by atoms with E-state index in [-0.39, 0.29) is 12.6 Å². The molecule has 0 aliphatic carbocycles. The first-order chi connectivity index (χ1) is 16.1. The number of aryl methyl sites for hydroxylation is 2. The van der Waals surface area contributed by atoms with Crippen molar-refractivity contribution in [3.05, 3.63) is 114 Å². The number of pyridine rings is 2. The maximum absolute atomic E-state index is 12.6. The van der Waals surface area contributed by atoms with Gasteiger partial charge < -0.3 is 4.74 Å². The van der Waals surface area contributed by atoms with Crippen molar-refractivity contribution in [2.45, 2.75) is 20.5 Å². The van der Waals surface area contributed by atoms with Gasteiger partial charge in [0.2, 0.25) is 0 Å². The molecule has 3 aromatic heterocycles. The third-order valence-corrected chi connectivity index (χ3v) is 5.73. The van der Waals surface area contributed by atoms with Gasteiger partial charge >= 0.3 is 5.97 Å². The predicted molar refractivity (Wildman–Crippen MR) is 129 cm³/mol. The molecule has 33 heavy (non-hydrogen) atoms. The van der Waals surface area contributed by atoms with E-state index in [2.05, 4.69) is 36.2 Å². The highest BCUT2D eigenvalue weighted by molar-refractivity contribution is 5.92. The second kappa shape index (κ2) is 8.71. The summed E-state index contributed by atoms with van der Waals surface area (Å²) in [6.07, 6.45) is 5.48. The average Bonchev–Trinajstić information content (AvgIpc) is 3.22. The minimum Gasteiger partial charge on any atom is -0.457 e. The predicted octanol–water partition coefficient (Wildman–Crippen LogP) is 6.04. The second-order valence-electron chi connectivity index (χ2n) is 8.08. The zero-order valence-corrected chi connectivity index (χ0v) is 18.5. The number of aromatic nitrogens is 3. The number of hydrogen-bond donors (Lipinski definition) is 0. The smallest absolute Gasteiger partial charge is 0.338 e. The van der Waals surface area contributed by atoms with Gasteiger partial charge in [-0.2, -0.15) is 5.10 Å².